The van der Waals surface area contributed by atoms with Gasteiger partial charge in [0.1, 0.15) is 48.8 Å². The number of hydrogen-bond donors (Lipinski definition) is 8. The van der Waals surface area contributed by atoms with Crippen LogP contribution in [0.25, 0.3) is 0 Å². The Bertz CT molecular complexity index is 1410. The molecule has 3 saturated heterocycles. The summed E-state index contributed by atoms with van der Waals surface area (Å²) < 4.78 is 49.8. The molecular formula is C33H44O20. The third kappa shape index (κ3) is 8.43. The highest BCUT2D eigenvalue weighted by atomic mass is 16.8. The molecule has 8 N–H and O–H groups in total. The largest absolute Gasteiger partial charge is 0.481 e. The third-order valence-electron chi connectivity index (χ3n) is 9.80. The third-order valence-corrected chi connectivity index (χ3v) is 9.80. The molecule has 5 rings (SSSR count). The van der Waals surface area contributed by atoms with E-state index < -0.39 is 141 Å². The molecule has 53 heavy (non-hydrogen) atoms. The van der Waals surface area contributed by atoms with E-state index in [1.54, 1.807) is 0 Å². The lowest BCUT2D eigenvalue weighted by atomic mass is 9.80. The number of hydrogen-bond acceptors (Lipinski definition) is 19. The summed E-state index contributed by atoms with van der Waals surface area (Å²) in [6.45, 7) is 6.27. The Morgan fingerprint density at radius 1 is 0.830 bits per heavy atom. The minimum Gasteiger partial charge on any atom is -0.481 e. The number of carboxylic acid groups (broad SMARTS) is 1. The Morgan fingerprint density at radius 3 is 1.96 bits per heavy atom. The number of carbonyl (C=O) groups excluding carboxylic acids is 2. The van der Waals surface area contributed by atoms with Crippen molar-refractivity contribution in [2.45, 2.75) is 93.1 Å². The normalized spacial score (nSPS) is 42.7. The number of aliphatic hydroxyl groups is 7. The van der Waals surface area contributed by atoms with Crippen molar-refractivity contribution in [1.82, 2.24) is 0 Å². The number of rotatable bonds is 13. The first-order valence-corrected chi connectivity index (χ1v) is 16.6. The topological polar surface area (TPSA) is 296 Å². The number of carbonyl (C=O) groups is 3. The highest BCUT2D eigenvalue weighted by Gasteiger charge is 2.51. The molecule has 0 spiro atoms. The van der Waals surface area contributed by atoms with Crippen LogP contribution in [0.3, 0.4) is 0 Å². The van der Waals surface area contributed by atoms with Gasteiger partial charge in [0.2, 0.25) is 18.9 Å². The summed E-state index contributed by atoms with van der Waals surface area (Å²) in [5.41, 5.74) is 0.000686. The second-order valence-electron chi connectivity index (χ2n) is 13.0. The molecule has 5 heterocycles. The van der Waals surface area contributed by atoms with Crippen molar-refractivity contribution in [2.75, 3.05) is 20.3 Å². The molecule has 20 nitrogen and oxygen atoms in total. The van der Waals surface area contributed by atoms with Crippen LogP contribution in [0.15, 0.2) is 49.0 Å². The van der Waals surface area contributed by atoms with Gasteiger partial charge in [-0.05, 0) is 0 Å². The Hall–Kier alpha value is -3.51. The summed E-state index contributed by atoms with van der Waals surface area (Å²) in [6.07, 6.45) is -16.0. The van der Waals surface area contributed by atoms with Crippen LogP contribution in [0.2, 0.25) is 0 Å². The predicted molar refractivity (Wildman–Crippen MR) is 168 cm³/mol. The fourth-order valence-electron chi connectivity index (χ4n) is 6.82. The van der Waals surface area contributed by atoms with Gasteiger partial charge in [-0.15, -0.1) is 13.2 Å². The summed E-state index contributed by atoms with van der Waals surface area (Å²) in [5.74, 6) is -6.40. The Labute approximate surface area is 301 Å². The Balaban J connectivity index is 1.24. The molecule has 17 atom stereocenters. The van der Waals surface area contributed by atoms with Gasteiger partial charge in [0.05, 0.1) is 50.4 Å². The molecule has 5 aliphatic rings. The van der Waals surface area contributed by atoms with Gasteiger partial charge in [-0.1, -0.05) is 12.2 Å². The molecule has 0 bridgehead atoms. The molecular weight excluding hydrogens is 716 g/mol. The fraction of sp³-hybridized carbons (Fsp3) is 0.667. The monoisotopic (exact) mass is 760 g/mol. The molecule has 0 aromatic heterocycles. The van der Waals surface area contributed by atoms with Crippen molar-refractivity contribution < 1.29 is 97.9 Å². The van der Waals surface area contributed by atoms with E-state index in [4.69, 9.17) is 42.6 Å². The molecule has 296 valence electrons. The number of methoxy groups -OCH3 is 1. The van der Waals surface area contributed by atoms with Gasteiger partial charge >= 0.3 is 17.9 Å². The Kier molecular flexibility index (Phi) is 13.3. The van der Waals surface area contributed by atoms with Crippen molar-refractivity contribution in [3.8, 4) is 0 Å². The first kappa shape index (κ1) is 40.7. The van der Waals surface area contributed by atoms with Crippen molar-refractivity contribution in [2.24, 2.45) is 23.7 Å². The van der Waals surface area contributed by atoms with E-state index in [1.165, 1.54) is 12.2 Å². The minimum atomic E-state index is -1.84. The van der Waals surface area contributed by atoms with E-state index in [1.807, 2.05) is 0 Å². The van der Waals surface area contributed by atoms with Gasteiger partial charge < -0.3 is 83.5 Å². The number of aliphatic hydroxyl groups excluding tert-OH is 7. The molecule has 0 aromatic carbocycles. The van der Waals surface area contributed by atoms with E-state index in [0.29, 0.717) is 0 Å². The zero-order chi connectivity index (χ0) is 38.7. The Morgan fingerprint density at radius 2 is 1.40 bits per heavy atom. The van der Waals surface area contributed by atoms with Crippen LogP contribution in [-0.4, -0.2) is 159 Å². The van der Waals surface area contributed by atoms with Crippen molar-refractivity contribution in [1.29, 1.82) is 0 Å². The standard InChI is InChI=1S/C33H44O20/c1-4-12-14(6-20(35)36)16(28(43)45-3)9-47-30(12)53-33-27(42)25(40)23(38)19(50-33)11-46-21-7-15-13(5-2)31(48-10-17(15)29(44)51-21)52-32-26(41)24(39)22(37)18(8-34)49-32/h4-5,9-10,12-15,18-19,21-27,30-34,37-42H,1-2,6-8,11H2,3H3,(H,35,36)/t12-,13+,14+,15+,18-,19-,21+,22-,23-,24+,25+,26-,27-,30+,31+,32+,33+/m1/s1. The summed E-state index contributed by atoms with van der Waals surface area (Å²) in [6, 6.07) is 0. The van der Waals surface area contributed by atoms with Gasteiger partial charge in [0.25, 0.3) is 0 Å². The fourth-order valence-corrected chi connectivity index (χ4v) is 6.82. The predicted octanol–water partition coefficient (Wildman–Crippen LogP) is -3.12. The zero-order valence-electron chi connectivity index (χ0n) is 28.3. The SMILES string of the molecule is C=C[C@@H]1[C@H](O[C@@H]2O[C@H](CO)[C@@H](O)[C@H](O)[C@H]2O)OC=C2C(=O)O[C@H](OC[C@H]3O[C@@H](O[C@@H]4OC=C(C(=O)OC)[C@@H](CC(=O)O)[C@H]4C=C)[C@H](O)[C@@H](O)[C@@H]3O)C[C@H]21. The summed E-state index contributed by atoms with van der Waals surface area (Å²) in [7, 11) is 1.11. The lowest BCUT2D eigenvalue weighted by molar-refractivity contribution is -0.345. The second kappa shape index (κ2) is 17.3. The van der Waals surface area contributed by atoms with Crippen LogP contribution in [0.1, 0.15) is 12.8 Å². The van der Waals surface area contributed by atoms with Crippen LogP contribution in [0.5, 0.6) is 0 Å². The summed E-state index contributed by atoms with van der Waals surface area (Å²) >= 11 is 0. The number of fused-ring (bicyclic) bond motifs is 1. The zero-order valence-corrected chi connectivity index (χ0v) is 28.3. The number of carboxylic acids is 1. The van der Waals surface area contributed by atoms with Gasteiger partial charge in [-0.2, -0.15) is 0 Å². The molecule has 3 fully saturated rings. The maximum atomic E-state index is 13.0. The molecule has 0 aliphatic carbocycles. The van der Waals surface area contributed by atoms with E-state index >= 15 is 0 Å². The van der Waals surface area contributed by atoms with E-state index in [0.717, 1.165) is 19.6 Å². The van der Waals surface area contributed by atoms with Gasteiger partial charge in [0, 0.05) is 30.1 Å². The summed E-state index contributed by atoms with van der Waals surface area (Å²) in [4.78, 5) is 36.9. The molecule has 0 aromatic rings. The minimum absolute atomic E-state index is 0.0170. The lowest BCUT2D eigenvalue weighted by Crippen LogP contribution is -2.60. The lowest BCUT2D eigenvalue weighted by Gasteiger charge is -2.44. The number of cyclic esters (lactones) is 1. The van der Waals surface area contributed by atoms with Crippen molar-refractivity contribution in [3.05, 3.63) is 49.0 Å². The van der Waals surface area contributed by atoms with Gasteiger partial charge in [-0.25, -0.2) is 9.59 Å². The molecule has 0 radical (unpaired) electrons. The van der Waals surface area contributed by atoms with Crippen molar-refractivity contribution >= 4 is 17.9 Å². The van der Waals surface area contributed by atoms with Crippen LogP contribution in [0.4, 0.5) is 0 Å². The maximum absolute atomic E-state index is 13.0. The smallest absolute Gasteiger partial charge is 0.339 e. The van der Waals surface area contributed by atoms with Crippen LogP contribution >= 0.6 is 0 Å². The van der Waals surface area contributed by atoms with Crippen LogP contribution < -0.4 is 0 Å². The first-order chi connectivity index (χ1) is 25.2. The van der Waals surface area contributed by atoms with Crippen LogP contribution in [-0.2, 0) is 57.0 Å². The average Bonchev–Trinajstić information content (AvgIpc) is 3.14. The van der Waals surface area contributed by atoms with E-state index in [-0.39, 0.29) is 17.6 Å². The van der Waals surface area contributed by atoms with E-state index in [2.05, 4.69) is 13.2 Å². The molecule has 0 unspecified atom stereocenters. The highest BCUT2D eigenvalue weighted by Crippen LogP contribution is 2.41. The first-order valence-electron chi connectivity index (χ1n) is 16.6. The van der Waals surface area contributed by atoms with Crippen LogP contribution in [0, 0.1) is 23.7 Å². The summed E-state index contributed by atoms with van der Waals surface area (Å²) in [5, 5.41) is 81.8. The number of esters is 2. The van der Waals surface area contributed by atoms with E-state index in [9.17, 15) is 55.2 Å². The quantitative estimate of drug-likeness (QED) is 0.0680. The molecule has 0 amide bonds. The number of ether oxygens (including phenoxy) is 9. The highest BCUT2D eigenvalue weighted by molar-refractivity contribution is 5.90. The average molecular weight is 761 g/mol. The second-order valence-corrected chi connectivity index (χ2v) is 13.0. The van der Waals surface area contributed by atoms with Gasteiger partial charge in [-0.3, -0.25) is 4.79 Å². The van der Waals surface area contributed by atoms with Crippen molar-refractivity contribution in [3.63, 3.8) is 0 Å². The molecule has 20 heteroatoms. The van der Waals surface area contributed by atoms with Gasteiger partial charge in [0.15, 0.2) is 12.6 Å². The molecule has 5 aliphatic heterocycles. The molecule has 0 saturated carbocycles. The number of aliphatic carboxylic acids is 1. The maximum Gasteiger partial charge on any atom is 0.339 e.